The zero-order valence-corrected chi connectivity index (χ0v) is 26.6. The predicted octanol–water partition coefficient (Wildman–Crippen LogP) is 4.94. The molecule has 5 rings (SSSR count). The first-order valence-electron chi connectivity index (χ1n) is 16.2. The molecule has 0 saturated heterocycles. The summed E-state index contributed by atoms with van der Waals surface area (Å²) in [5, 5.41) is 10.2. The van der Waals surface area contributed by atoms with Crippen molar-refractivity contribution in [2.45, 2.75) is 44.3 Å². The van der Waals surface area contributed by atoms with E-state index >= 15 is 0 Å². The van der Waals surface area contributed by atoms with Crippen molar-refractivity contribution in [1.82, 2.24) is 15.5 Å². The number of carbonyl (C=O) groups is 3. The lowest BCUT2D eigenvalue weighted by molar-refractivity contribution is -0.123. The Hall–Kier alpha value is -5.05. The summed E-state index contributed by atoms with van der Waals surface area (Å²) in [5.74, 6) is -0.882. The van der Waals surface area contributed by atoms with Crippen LogP contribution in [0.2, 0.25) is 0 Å². The minimum Gasteiger partial charge on any atom is -0.350 e. The normalized spacial score (nSPS) is 12.4. The van der Waals surface area contributed by atoms with Gasteiger partial charge in [0.1, 0.15) is 0 Å². The summed E-state index contributed by atoms with van der Waals surface area (Å²) in [6.45, 7) is 0.795. The second kappa shape index (κ2) is 16.5. The summed E-state index contributed by atoms with van der Waals surface area (Å²) in [7, 11) is 0. The second-order valence-electron chi connectivity index (χ2n) is 11.9. The SMILES string of the molecule is NCCCC[C@H](N)C(=O)N[C@@H](Cc1ccccc1)CN(CC(=O)NCc1cccc2ccccc12)C(=O)c1ccc2ccccc2c1. The molecule has 0 spiro atoms. The van der Waals surface area contributed by atoms with Crippen LogP contribution in [0.15, 0.2) is 115 Å². The quantitative estimate of drug-likeness (QED) is 0.122. The van der Waals surface area contributed by atoms with E-state index in [-0.39, 0.29) is 30.8 Å². The molecule has 5 aromatic carbocycles. The van der Waals surface area contributed by atoms with Gasteiger partial charge < -0.3 is 27.0 Å². The number of nitrogens with zero attached hydrogens (tertiary/aromatic N) is 1. The second-order valence-corrected chi connectivity index (χ2v) is 11.9. The largest absolute Gasteiger partial charge is 0.350 e. The number of rotatable bonds is 15. The van der Waals surface area contributed by atoms with Crippen molar-refractivity contribution in [2.75, 3.05) is 19.6 Å². The predicted molar refractivity (Wildman–Crippen MR) is 189 cm³/mol. The molecule has 0 aliphatic heterocycles. The van der Waals surface area contributed by atoms with Crippen LogP contribution in [0.1, 0.15) is 40.7 Å². The topological polar surface area (TPSA) is 131 Å². The van der Waals surface area contributed by atoms with Crippen molar-refractivity contribution >= 4 is 39.3 Å². The summed E-state index contributed by atoms with van der Waals surface area (Å²) in [4.78, 5) is 42.4. The van der Waals surface area contributed by atoms with E-state index in [2.05, 4.69) is 10.6 Å². The van der Waals surface area contributed by atoms with Crippen molar-refractivity contribution in [3.8, 4) is 0 Å². The van der Waals surface area contributed by atoms with Gasteiger partial charge in [-0.05, 0) is 70.6 Å². The molecule has 6 N–H and O–H groups in total. The maximum atomic E-state index is 14.2. The maximum Gasteiger partial charge on any atom is 0.254 e. The molecule has 8 nitrogen and oxygen atoms in total. The zero-order valence-electron chi connectivity index (χ0n) is 26.6. The summed E-state index contributed by atoms with van der Waals surface area (Å²) in [5.41, 5.74) is 14.3. The zero-order chi connectivity index (χ0) is 33.0. The molecule has 0 aliphatic rings. The van der Waals surface area contributed by atoms with E-state index in [4.69, 9.17) is 11.5 Å². The van der Waals surface area contributed by atoms with E-state index in [0.29, 0.717) is 31.5 Å². The fourth-order valence-corrected chi connectivity index (χ4v) is 5.87. The summed E-state index contributed by atoms with van der Waals surface area (Å²) in [6.07, 6.45) is 2.51. The highest BCUT2D eigenvalue weighted by Crippen LogP contribution is 2.19. The third kappa shape index (κ3) is 9.25. The third-order valence-electron chi connectivity index (χ3n) is 8.39. The first kappa shape index (κ1) is 33.3. The van der Waals surface area contributed by atoms with Gasteiger partial charge in [-0.15, -0.1) is 0 Å². The summed E-state index contributed by atoms with van der Waals surface area (Å²) >= 11 is 0. The fourth-order valence-electron chi connectivity index (χ4n) is 5.87. The number of nitrogens with one attached hydrogen (secondary N) is 2. The van der Waals surface area contributed by atoms with Gasteiger partial charge in [-0.3, -0.25) is 14.4 Å². The van der Waals surface area contributed by atoms with E-state index in [1.165, 1.54) is 4.90 Å². The van der Waals surface area contributed by atoms with Gasteiger partial charge in [0.15, 0.2) is 0 Å². The Morgan fingerprint density at radius 1 is 0.745 bits per heavy atom. The van der Waals surface area contributed by atoms with Crippen LogP contribution in [0.25, 0.3) is 21.5 Å². The summed E-state index contributed by atoms with van der Waals surface area (Å²) < 4.78 is 0. The highest BCUT2D eigenvalue weighted by Gasteiger charge is 2.26. The highest BCUT2D eigenvalue weighted by molar-refractivity contribution is 6.00. The van der Waals surface area contributed by atoms with Crippen molar-refractivity contribution < 1.29 is 14.4 Å². The fraction of sp³-hybridized carbons (Fsp3) is 0.256. The van der Waals surface area contributed by atoms with Crippen molar-refractivity contribution in [2.24, 2.45) is 11.5 Å². The van der Waals surface area contributed by atoms with Gasteiger partial charge in [-0.2, -0.15) is 0 Å². The molecular weight excluding hydrogens is 586 g/mol. The molecular formula is C39H43N5O3. The number of amides is 3. The molecule has 47 heavy (non-hydrogen) atoms. The third-order valence-corrected chi connectivity index (χ3v) is 8.39. The lowest BCUT2D eigenvalue weighted by Gasteiger charge is -2.29. The number of benzene rings is 5. The Kier molecular flexibility index (Phi) is 11.7. The number of unbranched alkanes of at least 4 members (excludes halogenated alkanes) is 1. The molecule has 242 valence electrons. The average molecular weight is 630 g/mol. The number of hydrogen-bond donors (Lipinski definition) is 4. The number of nitrogens with two attached hydrogens (primary N) is 2. The lowest BCUT2D eigenvalue weighted by Crippen LogP contribution is -2.52. The Balaban J connectivity index is 1.38. The van der Waals surface area contributed by atoms with Crippen molar-refractivity contribution in [1.29, 1.82) is 0 Å². The molecule has 0 aliphatic carbocycles. The number of hydrogen-bond acceptors (Lipinski definition) is 5. The number of carbonyl (C=O) groups excluding carboxylic acids is 3. The molecule has 0 bridgehead atoms. The molecule has 5 aromatic rings. The van der Waals surface area contributed by atoms with Crippen LogP contribution in [-0.2, 0) is 22.6 Å². The van der Waals surface area contributed by atoms with Crippen LogP contribution in [-0.4, -0.2) is 54.3 Å². The van der Waals surface area contributed by atoms with Gasteiger partial charge in [0, 0.05) is 18.7 Å². The molecule has 0 radical (unpaired) electrons. The Morgan fingerprint density at radius 3 is 2.23 bits per heavy atom. The average Bonchev–Trinajstić information content (AvgIpc) is 3.10. The van der Waals surface area contributed by atoms with E-state index < -0.39 is 12.1 Å². The monoisotopic (exact) mass is 629 g/mol. The lowest BCUT2D eigenvalue weighted by atomic mass is 10.0. The van der Waals surface area contributed by atoms with E-state index in [9.17, 15) is 14.4 Å². The van der Waals surface area contributed by atoms with E-state index in [0.717, 1.165) is 45.5 Å². The van der Waals surface area contributed by atoms with Crippen LogP contribution in [0, 0.1) is 0 Å². The molecule has 3 amide bonds. The first-order chi connectivity index (χ1) is 22.9. The van der Waals surface area contributed by atoms with Gasteiger partial charge in [0.2, 0.25) is 11.8 Å². The molecule has 2 atom stereocenters. The molecule has 0 aromatic heterocycles. The van der Waals surface area contributed by atoms with Crippen LogP contribution >= 0.6 is 0 Å². The van der Waals surface area contributed by atoms with Gasteiger partial charge >= 0.3 is 0 Å². The summed E-state index contributed by atoms with van der Waals surface area (Å²) in [6, 6.07) is 36.0. The van der Waals surface area contributed by atoms with Crippen LogP contribution in [0.4, 0.5) is 0 Å². The van der Waals surface area contributed by atoms with Gasteiger partial charge in [0.05, 0.1) is 18.6 Å². The van der Waals surface area contributed by atoms with Crippen LogP contribution in [0.3, 0.4) is 0 Å². The Bertz CT molecular complexity index is 1800. The molecule has 0 unspecified atom stereocenters. The van der Waals surface area contributed by atoms with Gasteiger partial charge in [-0.25, -0.2) is 0 Å². The minimum atomic E-state index is -0.701. The Morgan fingerprint density at radius 2 is 1.45 bits per heavy atom. The molecule has 8 heteroatoms. The first-order valence-corrected chi connectivity index (χ1v) is 16.2. The van der Waals surface area contributed by atoms with Gasteiger partial charge in [0.25, 0.3) is 5.91 Å². The Labute approximate surface area is 276 Å². The standard InChI is InChI=1S/C39H43N5O3/c40-22-9-8-19-36(41)38(46)43-34(23-28-11-2-1-3-12-28)26-44(39(47)32-21-20-29-13-4-5-15-31(29)24-32)27-37(45)42-25-33-17-10-16-30-14-6-7-18-35(30)33/h1-7,10-18,20-21,24,34,36H,8-9,19,22-23,25-27,40-41H2,(H,42,45)(H,43,46)/t34-,36-/m0/s1. The van der Waals surface area contributed by atoms with Crippen molar-refractivity contribution in [3.05, 3.63) is 132 Å². The van der Waals surface area contributed by atoms with Crippen LogP contribution < -0.4 is 22.1 Å². The number of fused-ring (bicyclic) bond motifs is 2. The smallest absolute Gasteiger partial charge is 0.254 e. The molecule has 0 fully saturated rings. The van der Waals surface area contributed by atoms with Crippen molar-refractivity contribution in [3.63, 3.8) is 0 Å². The van der Waals surface area contributed by atoms with Gasteiger partial charge in [-0.1, -0.05) is 110 Å². The highest BCUT2D eigenvalue weighted by atomic mass is 16.2. The van der Waals surface area contributed by atoms with E-state index in [1.54, 1.807) is 6.07 Å². The molecule has 0 saturated carbocycles. The van der Waals surface area contributed by atoms with Crippen LogP contribution in [0.5, 0.6) is 0 Å². The molecule has 0 heterocycles. The minimum absolute atomic E-state index is 0.115. The maximum absolute atomic E-state index is 14.2. The van der Waals surface area contributed by atoms with E-state index in [1.807, 2.05) is 109 Å².